The molecule has 0 saturated carbocycles. The van der Waals surface area contributed by atoms with Crippen molar-refractivity contribution >= 4 is 24.0 Å². The first-order chi connectivity index (χ1) is 14.1. The van der Waals surface area contributed by atoms with Crippen LogP contribution in [0.1, 0.15) is 17.0 Å². The summed E-state index contributed by atoms with van der Waals surface area (Å²) in [6, 6.07) is 17.1. The lowest BCUT2D eigenvalue weighted by Gasteiger charge is -2.26. The van der Waals surface area contributed by atoms with E-state index in [1.807, 2.05) is 4.68 Å². The van der Waals surface area contributed by atoms with Crippen LogP contribution in [0.4, 0.5) is 0 Å². The molecule has 7 heteroatoms. The second-order valence-electron chi connectivity index (χ2n) is 7.35. The summed E-state index contributed by atoms with van der Waals surface area (Å²) in [5.41, 5.74) is 3.55. The van der Waals surface area contributed by atoms with Gasteiger partial charge in [0.2, 0.25) is 4.77 Å². The van der Waals surface area contributed by atoms with Crippen LogP contribution in [0.15, 0.2) is 53.4 Å². The minimum absolute atomic E-state index is 0.698. The van der Waals surface area contributed by atoms with Crippen molar-refractivity contribution in [3.8, 4) is 5.69 Å². The molecule has 1 fully saturated rings. The third kappa shape index (κ3) is 4.98. The van der Waals surface area contributed by atoms with Gasteiger partial charge in [-0.25, -0.2) is 4.68 Å². The number of morpholine rings is 1. The Bertz CT molecular complexity index is 1020. The molecule has 152 valence electrons. The highest BCUT2D eigenvalue weighted by Gasteiger charge is 2.17. The standard InChI is InChI=1S/C22H26N4OS2/c1-17-6-8-20(9-7-17)29-15-21-23-25(16-24-10-12-27-13-11-24)22(28)26(21)19-5-3-4-18(2)14-19/h3-9,14H,10-13,15-16H2,1-2H3. The van der Waals surface area contributed by atoms with Crippen LogP contribution in [0.5, 0.6) is 0 Å². The number of aromatic nitrogens is 3. The number of aryl methyl sites for hydroxylation is 2. The van der Waals surface area contributed by atoms with Crippen molar-refractivity contribution in [2.24, 2.45) is 0 Å². The molecule has 0 bridgehead atoms. The molecule has 0 amide bonds. The van der Waals surface area contributed by atoms with E-state index in [1.54, 1.807) is 11.8 Å². The zero-order chi connectivity index (χ0) is 20.2. The molecule has 29 heavy (non-hydrogen) atoms. The van der Waals surface area contributed by atoms with Crippen molar-refractivity contribution in [3.05, 3.63) is 70.3 Å². The quantitative estimate of drug-likeness (QED) is 0.425. The number of benzene rings is 2. The Morgan fingerprint density at radius 3 is 2.52 bits per heavy atom. The van der Waals surface area contributed by atoms with Gasteiger partial charge in [-0.05, 0) is 55.9 Å². The van der Waals surface area contributed by atoms with E-state index in [1.165, 1.54) is 16.0 Å². The van der Waals surface area contributed by atoms with E-state index in [9.17, 15) is 0 Å². The lowest BCUT2D eigenvalue weighted by atomic mass is 10.2. The SMILES string of the molecule is Cc1ccc(SCc2nn(CN3CCOCC3)c(=S)n2-c2cccc(C)c2)cc1. The first kappa shape index (κ1) is 20.3. The smallest absolute Gasteiger partial charge is 0.203 e. The first-order valence-electron chi connectivity index (χ1n) is 9.85. The van der Waals surface area contributed by atoms with Gasteiger partial charge < -0.3 is 4.74 Å². The van der Waals surface area contributed by atoms with Gasteiger partial charge in [-0.2, -0.15) is 5.10 Å². The minimum atomic E-state index is 0.698. The summed E-state index contributed by atoms with van der Waals surface area (Å²) in [7, 11) is 0. The topological polar surface area (TPSA) is 35.2 Å². The molecule has 0 N–H and O–H groups in total. The Labute approximate surface area is 181 Å². The van der Waals surface area contributed by atoms with E-state index < -0.39 is 0 Å². The van der Waals surface area contributed by atoms with Crippen LogP contribution in [-0.4, -0.2) is 45.6 Å². The van der Waals surface area contributed by atoms with Crippen molar-refractivity contribution in [2.45, 2.75) is 31.2 Å². The van der Waals surface area contributed by atoms with Crippen molar-refractivity contribution < 1.29 is 4.74 Å². The molecule has 2 heterocycles. The highest BCUT2D eigenvalue weighted by molar-refractivity contribution is 7.98. The maximum Gasteiger partial charge on any atom is 0.203 e. The van der Waals surface area contributed by atoms with E-state index in [4.69, 9.17) is 22.1 Å². The van der Waals surface area contributed by atoms with E-state index in [0.717, 1.165) is 48.3 Å². The molecule has 1 aliphatic heterocycles. The number of hydrogen-bond acceptors (Lipinski definition) is 5. The van der Waals surface area contributed by atoms with Gasteiger partial charge >= 0.3 is 0 Å². The molecule has 1 aromatic heterocycles. The van der Waals surface area contributed by atoms with Gasteiger partial charge in [0.05, 0.1) is 25.6 Å². The summed E-state index contributed by atoms with van der Waals surface area (Å²) in [4.78, 5) is 3.57. The van der Waals surface area contributed by atoms with Gasteiger partial charge in [0.25, 0.3) is 0 Å². The Morgan fingerprint density at radius 1 is 1.03 bits per heavy atom. The van der Waals surface area contributed by atoms with Gasteiger partial charge in [0.1, 0.15) is 5.82 Å². The molecule has 0 spiro atoms. The van der Waals surface area contributed by atoms with Crippen molar-refractivity contribution in [1.29, 1.82) is 0 Å². The Morgan fingerprint density at radius 2 is 1.79 bits per heavy atom. The highest BCUT2D eigenvalue weighted by Crippen LogP contribution is 2.25. The number of hydrogen-bond donors (Lipinski definition) is 0. The summed E-state index contributed by atoms with van der Waals surface area (Å²) >= 11 is 7.64. The molecular weight excluding hydrogens is 400 g/mol. The molecule has 4 rings (SSSR count). The van der Waals surface area contributed by atoms with Gasteiger partial charge in [0, 0.05) is 23.7 Å². The summed E-state index contributed by atoms with van der Waals surface area (Å²) in [6.07, 6.45) is 0. The number of thioether (sulfide) groups is 1. The third-order valence-electron chi connectivity index (χ3n) is 4.99. The maximum absolute atomic E-state index is 5.85. The molecule has 1 aliphatic rings. The molecule has 0 radical (unpaired) electrons. The van der Waals surface area contributed by atoms with E-state index in [0.29, 0.717) is 6.67 Å². The van der Waals surface area contributed by atoms with Gasteiger partial charge in [0.15, 0.2) is 0 Å². The predicted octanol–water partition coefficient (Wildman–Crippen LogP) is 4.60. The minimum Gasteiger partial charge on any atom is -0.379 e. The van der Waals surface area contributed by atoms with E-state index in [2.05, 4.69) is 71.8 Å². The van der Waals surface area contributed by atoms with Crippen LogP contribution < -0.4 is 0 Å². The molecular formula is C22H26N4OS2. The van der Waals surface area contributed by atoms with Gasteiger partial charge in [-0.3, -0.25) is 9.47 Å². The maximum atomic E-state index is 5.85. The third-order valence-corrected chi connectivity index (χ3v) is 6.39. The van der Waals surface area contributed by atoms with Crippen LogP contribution in [-0.2, 0) is 17.2 Å². The number of nitrogens with zero attached hydrogens (tertiary/aromatic N) is 4. The summed E-state index contributed by atoms with van der Waals surface area (Å²) in [5, 5.41) is 4.91. The van der Waals surface area contributed by atoms with Crippen molar-refractivity contribution in [3.63, 3.8) is 0 Å². The predicted molar refractivity (Wildman–Crippen MR) is 120 cm³/mol. The van der Waals surface area contributed by atoms with Crippen LogP contribution in [0, 0.1) is 18.6 Å². The van der Waals surface area contributed by atoms with Crippen LogP contribution >= 0.6 is 24.0 Å². The number of ether oxygens (including phenoxy) is 1. The highest BCUT2D eigenvalue weighted by atomic mass is 32.2. The molecule has 1 saturated heterocycles. The molecule has 5 nitrogen and oxygen atoms in total. The monoisotopic (exact) mass is 426 g/mol. The van der Waals surface area contributed by atoms with Crippen molar-refractivity contribution in [2.75, 3.05) is 26.3 Å². The van der Waals surface area contributed by atoms with Crippen LogP contribution in [0.3, 0.4) is 0 Å². The fourth-order valence-electron chi connectivity index (χ4n) is 3.38. The molecule has 0 aliphatic carbocycles. The van der Waals surface area contributed by atoms with E-state index >= 15 is 0 Å². The fraction of sp³-hybridized carbons (Fsp3) is 0.364. The lowest BCUT2D eigenvalue weighted by Crippen LogP contribution is -2.37. The van der Waals surface area contributed by atoms with Gasteiger partial charge in [-0.1, -0.05) is 29.8 Å². The fourth-order valence-corrected chi connectivity index (χ4v) is 4.50. The second kappa shape index (κ2) is 9.26. The zero-order valence-electron chi connectivity index (χ0n) is 16.9. The largest absolute Gasteiger partial charge is 0.379 e. The second-order valence-corrected chi connectivity index (χ2v) is 8.76. The van der Waals surface area contributed by atoms with Crippen molar-refractivity contribution in [1.82, 2.24) is 19.2 Å². The average Bonchev–Trinajstić information content (AvgIpc) is 3.03. The normalized spacial score (nSPS) is 15.0. The summed E-state index contributed by atoms with van der Waals surface area (Å²) < 4.78 is 10.3. The molecule has 0 atom stereocenters. The molecule has 0 unspecified atom stereocenters. The molecule has 3 aromatic rings. The van der Waals surface area contributed by atoms with Crippen LogP contribution in [0.25, 0.3) is 5.69 Å². The van der Waals surface area contributed by atoms with Gasteiger partial charge in [-0.15, -0.1) is 11.8 Å². The summed E-state index contributed by atoms with van der Waals surface area (Å²) in [6.45, 7) is 8.26. The van der Waals surface area contributed by atoms with E-state index in [-0.39, 0.29) is 0 Å². The number of rotatable bonds is 6. The summed E-state index contributed by atoms with van der Waals surface area (Å²) in [5.74, 6) is 1.73. The first-order valence-corrected chi connectivity index (χ1v) is 11.2. The Hall–Kier alpha value is -1.93. The Balaban J connectivity index is 1.64. The lowest BCUT2D eigenvalue weighted by molar-refractivity contribution is 0.0209. The Kier molecular flexibility index (Phi) is 6.50. The average molecular weight is 427 g/mol. The van der Waals surface area contributed by atoms with Crippen LogP contribution in [0.2, 0.25) is 0 Å². The zero-order valence-corrected chi connectivity index (χ0v) is 18.5. The molecule has 2 aromatic carbocycles.